The van der Waals surface area contributed by atoms with Crippen molar-refractivity contribution >= 4 is 5.97 Å². The molecule has 0 spiro atoms. The number of phenols is 2. The second-order valence-corrected chi connectivity index (χ2v) is 2.45. The van der Waals surface area contributed by atoms with Gasteiger partial charge in [0.2, 0.25) is 0 Å². The number of aliphatic hydroxyl groups excluding tert-OH is 1. The molecule has 4 N–H and O–H groups in total. The van der Waals surface area contributed by atoms with Gasteiger partial charge in [-0.05, 0) is 17.7 Å². The van der Waals surface area contributed by atoms with E-state index in [1.165, 1.54) is 12.1 Å². The third kappa shape index (κ3) is 1.88. The Kier molecular flexibility index (Phi) is 1.72. The van der Waals surface area contributed by atoms with Crippen LogP contribution in [-0.4, -0.2) is 29.3 Å². The largest absolute Gasteiger partial charge is 0.504 e. The summed E-state index contributed by atoms with van der Waals surface area (Å²) in [4.78, 5) is 10.4. The molecule has 0 aliphatic carbocycles. The molecule has 0 aliphatic rings. The van der Waals surface area contributed by atoms with Crippen LogP contribution in [0.4, 0.5) is 0 Å². The molecule has 0 fully saturated rings. The average molecular weight is 186 g/mol. The van der Waals surface area contributed by atoms with Crippen molar-refractivity contribution in [3.05, 3.63) is 23.8 Å². The highest BCUT2D eigenvalue weighted by Crippen LogP contribution is 2.27. The van der Waals surface area contributed by atoms with Crippen LogP contribution >= 0.6 is 0 Å². The van der Waals surface area contributed by atoms with E-state index in [0.717, 1.165) is 6.07 Å². The minimum absolute atomic E-state index is 0.0358. The van der Waals surface area contributed by atoms with Gasteiger partial charge in [0.25, 0.3) is 2.86 Å². The molecule has 5 nitrogen and oxygen atoms in total. The molecular weight excluding hydrogens is 176 g/mol. The van der Waals surface area contributed by atoms with Gasteiger partial charge in [-0.2, -0.15) is 0 Å². The molecule has 13 heavy (non-hydrogen) atoms. The topological polar surface area (TPSA) is 98.0 Å². The normalized spacial score (nSPS) is 13.9. The molecule has 0 bridgehead atoms. The van der Waals surface area contributed by atoms with Crippen LogP contribution in [0.2, 0.25) is 0 Å². The monoisotopic (exact) mass is 186 g/mol. The molecule has 0 saturated heterocycles. The lowest BCUT2D eigenvalue weighted by atomic mass is 10.1. The van der Waals surface area contributed by atoms with Crippen molar-refractivity contribution in [1.29, 1.82) is 2.86 Å². The Hall–Kier alpha value is -1.75. The first kappa shape index (κ1) is 6.73. The van der Waals surface area contributed by atoms with Crippen LogP contribution in [0.25, 0.3) is 0 Å². The summed E-state index contributed by atoms with van der Waals surface area (Å²) in [5.74, 6) is -1.58. The predicted molar refractivity (Wildman–Crippen MR) is 42.4 cm³/mol. The number of benzene rings is 1. The van der Waals surface area contributed by atoms with E-state index in [9.17, 15) is 9.90 Å². The number of carbonyl (C=O) groups is 1. The van der Waals surface area contributed by atoms with Crippen LogP contribution in [-0.2, 0) is 4.79 Å². The lowest BCUT2D eigenvalue weighted by Gasteiger charge is -2.06. The van der Waals surface area contributed by atoms with Gasteiger partial charge in [-0.1, -0.05) is 6.07 Å². The van der Waals surface area contributed by atoms with E-state index in [0.29, 0.717) is 0 Å². The number of aliphatic hydroxyl groups is 1. The zero-order chi connectivity index (χ0) is 11.4. The smallest absolute Gasteiger partial charge is 0.337 e. The van der Waals surface area contributed by atoms with Crippen LogP contribution in [0.3, 0.4) is 0 Å². The first-order valence-electron chi connectivity index (χ1n) is 4.23. The Morgan fingerprint density at radius 1 is 1.38 bits per heavy atom. The molecule has 0 amide bonds. The van der Waals surface area contributed by atoms with E-state index in [4.69, 9.17) is 7.97 Å². The maximum Gasteiger partial charge on any atom is 0.337 e. The second-order valence-electron chi connectivity index (χ2n) is 2.45. The molecule has 70 valence electrons. The van der Waals surface area contributed by atoms with Crippen molar-refractivity contribution in [2.75, 3.05) is 0 Å². The fourth-order valence-electron chi connectivity index (χ4n) is 0.837. The number of phenolic OH excluding ortho intramolecular Hbond substituents is 2. The summed E-state index contributed by atoms with van der Waals surface area (Å²) in [5.41, 5.74) is 0.0468. The number of carboxylic acids is 1. The molecule has 5 heteroatoms. The average Bonchev–Trinajstić information content (AvgIpc) is 2.26. The van der Waals surface area contributed by atoms with E-state index in [2.05, 4.69) is 10.2 Å². The fourth-order valence-corrected chi connectivity index (χ4v) is 0.837. The van der Waals surface area contributed by atoms with Gasteiger partial charge in [0.15, 0.2) is 17.6 Å². The van der Waals surface area contributed by atoms with Crippen LogP contribution in [0, 0.1) is 0 Å². The quantitative estimate of drug-likeness (QED) is 0.504. The van der Waals surface area contributed by atoms with Gasteiger partial charge >= 0.3 is 5.97 Å². The van der Waals surface area contributed by atoms with E-state index in [-0.39, 0.29) is 17.1 Å². The third-order valence-corrected chi connectivity index (χ3v) is 1.52. The lowest BCUT2D eigenvalue weighted by molar-refractivity contribution is -0.146. The van der Waals surface area contributed by atoms with Crippen molar-refractivity contribution in [2.24, 2.45) is 0 Å². The molecule has 0 radical (unpaired) electrons. The maximum absolute atomic E-state index is 10.4. The van der Waals surface area contributed by atoms with E-state index in [1.807, 2.05) is 0 Å². The van der Waals surface area contributed by atoms with Gasteiger partial charge in [0.1, 0.15) is 0 Å². The molecule has 1 atom stereocenters. The minimum Gasteiger partial charge on any atom is -0.504 e. The molecule has 0 aromatic heterocycles. The number of hydrogen-bond donors (Lipinski definition) is 4. The van der Waals surface area contributed by atoms with E-state index in [1.54, 1.807) is 0 Å². The van der Waals surface area contributed by atoms with E-state index >= 15 is 0 Å². The fraction of sp³-hybridized carbons (Fsp3) is 0.125. The molecular formula is C8H8O5. The molecule has 0 saturated carbocycles. The number of carboxylic acid groups (broad SMARTS) is 1. The van der Waals surface area contributed by atoms with Crippen LogP contribution in [0.5, 0.6) is 11.5 Å². The number of hydrogen-bond acceptors (Lipinski definition) is 4. The van der Waals surface area contributed by atoms with Crippen LogP contribution < -0.4 is 0 Å². The van der Waals surface area contributed by atoms with Gasteiger partial charge in [0.05, 0.1) is 0 Å². The highest BCUT2D eigenvalue weighted by Gasteiger charge is 2.16. The maximum atomic E-state index is 10.4. The lowest BCUT2D eigenvalue weighted by Crippen LogP contribution is -2.09. The first-order chi connectivity index (χ1) is 7.10. The highest BCUT2D eigenvalue weighted by atomic mass is 16.4. The first-order valence-corrected chi connectivity index (χ1v) is 3.41. The summed E-state index contributed by atoms with van der Waals surface area (Å²) < 4.78 is 13.2. The summed E-state index contributed by atoms with van der Waals surface area (Å²) in [6.07, 6.45) is -1.70. The third-order valence-electron chi connectivity index (χ3n) is 1.52. The molecule has 1 unspecified atom stereocenters. The Bertz CT molecular complexity index is 368. The van der Waals surface area contributed by atoms with Gasteiger partial charge in [-0.15, -0.1) is 0 Å². The number of aliphatic carboxylic acids is 1. The summed E-state index contributed by atoms with van der Waals surface area (Å²) in [5, 5.41) is 25.9. The second kappa shape index (κ2) is 3.32. The minimum atomic E-state index is -1.70. The Morgan fingerprint density at radius 3 is 2.62 bits per heavy atom. The number of rotatable bonds is 4. The zero-order valence-electron chi connectivity index (χ0n) is 8.43. The SMILES string of the molecule is [2H]Oc1ccc(C(O)C(=O)O)cc1O[2H]. The Balaban J connectivity index is 3.07. The van der Waals surface area contributed by atoms with Crippen molar-refractivity contribution in [1.82, 2.24) is 0 Å². The summed E-state index contributed by atoms with van der Waals surface area (Å²) in [6.45, 7) is 0. The highest BCUT2D eigenvalue weighted by molar-refractivity contribution is 5.74. The number of aromatic hydroxyl groups is 2. The van der Waals surface area contributed by atoms with Gasteiger partial charge in [-0.25, -0.2) is 4.79 Å². The Labute approximate surface area is 76.5 Å². The van der Waals surface area contributed by atoms with Crippen molar-refractivity contribution in [3.63, 3.8) is 0 Å². The Morgan fingerprint density at radius 2 is 2.08 bits per heavy atom. The van der Waals surface area contributed by atoms with Crippen molar-refractivity contribution < 1.29 is 25.2 Å². The van der Waals surface area contributed by atoms with Crippen LogP contribution in [0.15, 0.2) is 18.2 Å². The predicted octanol–water partition coefficient (Wildman–Crippen LogP) is 0.216. The molecule has 1 aromatic carbocycles. The van der Waals surface area contributed by atoms with Gasteiger partial charge in [0, 0.05) is 0 Å². The van der Waals surface area contributed by atoms with Gasteiger partial charge in [-0.3, -0.25) is 0 Å². The van der Waals surface area contributed by atoms with Crippen LogP contribution in [0.1, 0.15) is 11.7 Å². The van der Waals surface area contributed by atoms with Crippen molar-refractivity contribution in [3.8, 4) is 11.5 Å². The molecule has 0 aliphatic heterocycles. The molecule has 1 aromatic rings. The van der Waals surface area contributed by atoms with Crippen molar-refractivity contribution in [2.45, 2.75) is 6.10 Å². The van der Waals surface area contributed by atoms with E-state index < -0.39 is 12.1 Å². The summed E-state index contributed by atoms with van der Waals surface area (Å²) in [6, 6.07) is 3.62. The summed E-state index contributed by atoms with van der Waals surface area (Å²) >= 11 is 0. The standard InChI is InChI=1S/C8H8O5/c9-5-2-1-4(3-6(5)10)7(11)8(12)13/h1-3,7,9-11H,(H,12,13)/i/hD2. The molecule has 0 heterocycles. The zero-order valence-corrected chi connectivity index (χ0v) is 6.43. The van der Waals surface area contributed by atoms with Gasteiger partial charge < -0.3 is 20.4 Å². The summed E-state index contributed by atoms with van der Waals surface area (Å²) in [7, 11) is 0. The molecule has 1 rings (SSSR count).